The van der Waals surface area contributed by atoms with Gasteiger partial charge in [-0.15, -0.1) is 0 Å². The van der Waals surface area contributed by atoms with Gasteiger partial charge in [-0.25, -0.2) is 0 Å². The minimum absolute atomic E-state index is 0.0165. The number of rotatable bonds is 16. The fourth-order valence-electron chi connectivity index (χ4n) is 4.69. The number of nitrogens with zero attached hydrogens (tertiary/aromatic N) is 1. The second-order valence-corrected chi connectivity index (χ2v) is 9.66. The van der Waals surface area contributed by atoms with Crippen LogP contribution in [0, 0.1) is 0 Å². The highest BCUT2D eigenvalue weighted by molar-refractivity contribution is 6.24. The monoisotopic (exact) mass is 528 g/mol. The van der Waals surface area contributed by atoms with Gasteiger partial charge in [-0.2, -0.15) is 0 Å². The molecule has 0 radical (unpaired) electrons. The van der Waals surface area contributed by atoms with Crippen molar-refractivity contribution in [2.75, 3.05) is 13.2 Å². The summed E-state index contributed by atoms with van der Waals surface area (Å²) in [5.74, 6) is -2.91. The summed E-state index contributed by atoms with van der Waals surface area (Å²) in [4.78, 5) is 73.4. The molecule has 1 saturated heterocycles. The zero-order chi connectivity index (χ0) is 27.5. The highest BCUT2D eigenvalue weighted by atomic mass is 16.5. The van der Waals surface area contributed by atoms with Crippen molar-refractivity contribution in [1.82, 2.24) is 15.5 Å². The molecule has 3 rings (SSSR count). The van der Waals surface area contributed by atoms with Crippen LogP contribution < -0.4 is 21.1 Å². The zero-order valence-electron chi connectivity index (χ0n) is 21.6. The molecule has 0 spiro atoms. The van der Waals surface area contributed by atoms with E-state index in [0.717, 1.165) is 62.7 Å². The molecule has 1 aromatic carbocycles. The van der Waals surface area contributed by atoms with Crippen molar-refractivity contribution in [3.63, 3.8) is 0 Å². The number of fused-ring (bicyclic) bond motifs is 1. The largest absolute Gasteiger partial charge is 0.483 e. The number of nitrogens with two attached hydrogens (primary N) is 1. The van der Waals surface area contributed by atoms with E-state index in [9.17, 15) is 28.8 Å². The maximum absolute atomic E-state index is 13.1. The number of nitrogens with one attached hydrogen (secondary N) is 2. The van der Waals surface area contributed by atoms with Gasteiger partial charge in [-0.3, -0.25) is 39.0 Å². The molecular weight excluding hydrogens is 492 g/mol. The van der Waals surface area contributed by atoms with E-state index in [1.54, 1.807) is 6.07 Å². The molecule has 2 aliphatic heterocycles. The summed E-state index contributed by atoms with van der Waals surface area (Å²) >= 11 is 0. The lowest BCUT2D eigenvalue weighted by molar-refractivity contribution is -0.136. The van der Waals surface area contributed by atoms with Crippen molar-refractivity contribution in [3.8, 4) is 5.75 Å². The maximum atomic E-state index is 13.1. The molecule has 2 aliphatic rings. The van der Waals surface area contributed by atoms with Gasteiger partial charge in [0.25, 0.3) is 17.7 Å². The van der Waals surface area contributed by atoms with Crippen molar-refractivity contribution in [2.24, 2.45) is 5.73 Å². The highest BCUT2D eigenvalue weighted by Crippen LogP contribution is 2.33. The molecule has 2 heterocycles. The Hall–Kier alpha value is -3.76. The Bertz CT molecular complexity index is 1070. The number of hydrogen-bond donors (Lipinski definition) is 3. The summed E-state index contributed by atoms with van der Waals surface area (Å²) in [5.41, 5.74) is 5.24. The van der Waals surface area contributed by atoms with Gasteiger partial charge >= 0.3 is 0 Å². The number of carbonyl (C=O) groups excluding carboxylic acids is 6. The van der Waals surface area contributed by atoms with Crippen LogP contribution in [0.4, 0.5) is 0 Å². The Morgan fingerprint density at radius 3 is 2.26 bits per heavy atom. The third-order valence-corrected chi connectivity index (χ3v) is 6.71. The van der Waals surface area contributed by atoms with E-state index in [0.29, 0.717) is 13.0 Å². The Labute approximate surface area is 221 Å². The molecule has 4 N–H and O–H groups in total. The topological polar surface area (TPSA) is 165 Å². The average molecular weight is 529 g/mol. The molecule has 0 bridgehead atoms. The zero-order valence-corrected chi connectivity index (χ0v) is 21.6. The number of hydrogen-bond acceptors (Lipinski definition) is 7. The van der Waals surface area contributed by atoms with Crippen LogP contribution in [0.5, 0.6) is 5.75 Å². The SMILES string of the molecule is NC(=O)CCCCCCCCCCCNC(=O)COc1cccc2c1C(=O)N(C1CCC(=O)NC1=O)C2=O. The number of piperidine rings is 1. The molecule has 0 saturated carbocycles. The quantitative estimate of drug-likeness (QED) is 0.218. The molecule has 1 atom stereocenters. The van der Waals surface area contributed by atoms with Crippen LogP contribution >= 0.6 is 0 Å². The molecular formula is C27H36N4O7. The third kappa shape index (κ3) is 7.87. The number of primary amides is 1. The standard InChI is InChI=1S/C27H36N4O7/c28-21(32)13-8-6-4-2-1-3-5-7-9-16-29-23(34)17-38-20-12-10-11-18-24(20)27(37)31(26(18)36)19-14-15-22(33)30-25(19)35/h10-12,19H,1-9,13-17H2,(H2,28,32)(H,29,34)(H,30,33,35). The number of amides is 6. The molecule has 1 unspecified atom stereocenters. The molecule has 206 valence electrons. The van der Waals surface area contributed by atoms with Gasteiger partial charge in [0, 0.05) is 19.4 Å². The third-order valence-electron chi connectivity index (χ3n) is 6.71. The van der Waals surface area contributed by atoms with Gasteiger partial charge in [0.2, 0.25) is 17.7 Å². The maximum Gasteiger partial charge on any atom is 0.266 e. The Balaban J connectivity index is 1.35. The predicted molar refractivity (Wildman–Crippen MR) is 137 cm³/mol. The van der Waals surface area contributed by atoms with Gasteiger partial charge in [-0.1, -0.05) is 51.0 Å². The number of benzene rings is 1. The van der Waals surface area contributed by atoms with E-state index in [-0.39, 0.29) is 48.1 Å². The molecule has 0 aliphatic carbocycles. The first-order valence-electron chi connectivity index (χ1n) is 13.3. The molecule has 1 aromatic rings. The van der Waals surface area contributed by atoms with Crippen molar-refractivity contribution in [3.05, 3.63) is 29.3 Å². The minimum Gasteiger partial charge on any atom is -0.483 e. The van der Waals surface area contributed by atoms with Crippen molar-refractivity contribution in [2.45, 2.75) is 83.1 Å². The second kappa shape index (κ2) is 14.3. The van der Waals surface area contributed by atoms with Crippen molar-refractivity contribution >= 4 is 35.4 Å². The number of unbranched alkanes of at least 4 members (excludes halogenated alkanes) is 8. The fraction of sp³-hybridized carbons (Fsp3) is 0.556. The number of carbonyl (C=O) groups is 6. The Morgan fingerprint density at radius 1 is 0.947 bits per heavy atom. The van der Waals surface area contributed by atoms with E-state index in [1.165, 1.54) is 12.1 Å². The lowest BCUT2D eigenvalue weighted by atomic mass is 10.0. The predicted octanol–water partition coefficient (Wildman–Crippen LogP) is 1.97. The normalized spacial score (nSPS) is 16.8. The summed E-state index contributed by atoms with van der Waals surface area (Å²) in [6, 6.07) is 3.46. The molecule has 6 amide bonds. The van der Waals surface area contributed by atoms with E-state index in [1.807, 2.05) is 0 Å². The van der Waals surface area contributed by atoms with Crippen LogP contribution in [0.25, 0.3) is 0 Å². The van der Waals surface area contributed by atoms with Crippen molar-refractivity contribution < 1.29 is 33.5 Å². The van der Waals surface area contributed by atoms with E-state index >= 15 is 0 Å². The van der Waals surface area contributed by atoms with Gasteiger partial charge < -0.3 is 15.8 Å². The van der Waals surface area contributed by atoms with Crippen LogP contribution in [0.15, 0.2) is 18.2 Å². The summed E-state index contributed by atoms with van der Waals surface area (Å²) in [7, 11) is 0. The lowest BCUT2D eigenvalue weighted by Crippen LogP contribution is -2.54. The first kappa shape index (κ1) is 28.8. The Morgan fingerprint density at radius 2 is 1.61 bits per heavy atom. The van der Waals surface area contributed by atoms with Crippen LogP contribution in [0.1, 0.15) is 97.8 Å². The van der Waals surface area contributed by atoms with Crippen molar-refractivity contribution in [1.29, 1.82) is 0 Å². The van der Waals surface area contributed by atoms with Gasteiger partial charge in [0.1, 0.15) is 11.8 Å². The van der Waals surface area contributed by atoms with Gasteiger partial charge in [0.05, 0.1) is 11.1 Å². The molecule has 11 nitrogen and oxygen atoms in total. The molecule has 0 aromatic heterocycles. The minimum atomic E-state index is -1.07. The van der Waals surface area contributed by atoms with Gasteiger partial charge in [0.15, 0.2) is 6.61 Å². The van der Waals surface area contributed by atoms with Crippen LogP contribution in [-0.2, 0) is 19.2 Å². The molecule has 38 heavy (non-hydrogen) atoms. The first-order valence-corrected chi connectivity index (χ1v) is 13.3. The van der Waals surface area contributed by atoms with E-state index in [4.69, 9.17) is 10.5 Å². The van der Waals surface area contributed by atoms with E-state index < -0.39 is 29.7 Å². The number of imide groups is 2. The van der Waals surface area contributed by atoms with E-state index in [2.05, 4.69) is 10.6 Å². The lowest BCUT2D eigenvalue weighted by Gasteiger charge is -2.27. The summed E-state index contributed by atoms with van der Waals surface area (Å²) in [6.07, 6.45) is 9.94. The Kier molecular flexibility index (Phi) is 10.8. The smallest absolute Gasteiger partial charge is 0.266 e. The van der Waals surface area contributed by atoms with Crippen LogP contribution in [0.2, 0.25) is 0 Å². The number of ether oxygens (including phenoxy) is 1. The van der Waals surface area contributed by atoms with Crippen LogP contribution in [-0.4, -0.2) is 59.5 Å². The summed E-state index contributed by atoms with van der Waals surface area (Å²) < 4.78 is 5.58. The summed E-state index contributed by atoms with van der Waals surface area (Å²) in [5, 5.41) is 4.96. The second-order valence-electron chi connectivity index (χ2n) is 9.66. The average Bonchev–Trinajstić information content (AvgIpc) is 3.13. The van der Waals surface area contributed by atoms with Crippen LogP contribution in [0.3, 0.4) is 0 Å². The highest BCUT2D eigenvalue weighted by Gasteiger charge is 2.46. The molecule has 11 heteroatoms. The first-order chi connectivity index (χ1) is 18.3. The van der Waals surface area contributed by atoms with Gasteiger partial charge in [-0.05, 0) is 31.4 Å². The molecule has 1 fully saturated rings. The fourth-order valence-corrected chi connectivity index (χ4v) is 4.69. The summed E-state index contributed by atoms with van der Waals surface area (Å²) in [6.45, 7) is 0.203.